The number of hydrogen-bond donors (Lipinski definition) is 0. The molecular formula is C76H44N4Pd. The quantitative estimate of drug-likeness (QED) is 0.165. The first-order valence-corrected chi connectivity index (χ1v) is 27.0. The first kappa shape index (κ1) is 42.9. The normalized spacial score (nSPS) is 12.5. The third kappa shape index (κ3) is 7.34. The standard InChI is InChI=1S/C76H44N4.Pd/c1-5-21-45(22-6-1)65-69-57-37-49-29-13-15-31-51(49)39-59(57)71(77-69)66(46-23-7-2-8-24-46)73-61-41-53-33-17-19-35-55(53)43-63(61)75(79-73)68(48-27-11-4-12-28-48)76-64-44-56-36-20-18-34-54(56)42-62(64)74(80-76)67(47-25-9-3-10-26-47)72-60-40-52-32-16-14-30-50(52)38-58(60)70(65)78-72;/h1-44H;/q-2;+2/i1D,2D,3D,4D;. The zero-order valence-corrected chi connectivity index (χ0v) is 44.8. The number of nitrogens with zero attached hydrogens (tertiary/aromatic N) is 4. The number of benzene rings is 12. The van der Waals surface area contributed by atoms with Crippen LogP contribution in [0.15, 0.2) is 267 Å². The van der Waals surface area contributed by atoms with Crippen molar-refractivity contribution in [1.82, 2.24) is 19.9 Å². The Morgan fingerprint density at radius 2 is 0.444 bits per heavy atom. The Hall–Kier alpha value is -10.0. The van der Waals surface area contributed by atoms with Crippen LogP contribution in [0.2, 0.25) is 0 Å². The van der Waals surface area contributed by atoms with E-state index in [1.54, 1.807) is 0 Å². The summed E-state index contributed by atoms with van der Waals surface area (Å²) in [5.74, 6) is 0. The fourth-order valence-electron chi connectivity index (χ4n) is 12.7. The largest absolute Gasteiger partial charge is 2.00 e. The molecule has 0 fully saturated rings. The van der Waals surface area contributed by atoms with Gasteiger partial charge in [0.15, 0.2) is 0 Å². The minimum atomic E-state index is 0. The molecule has 0 unspecified atom stereocenters. The molecule has 0 spiro atoms. The van der Waals surface area contributed by atoms with Gasteiger partial charge in [0.05, 0.1) is 28.3 Å². The molecule has 2 aliphatic heterocycles. The van der Waals surface area contributed by atoms with Crippen molar-refractivity contribution >= 4 is 86.7 Å². The van der Waals surface area contributed by atoms with Crippen molar-refractivity contribution in [2.75, 3.05) is 0 Å². The summed E-state index contributed by atoms with van der Waals surface area (Å²) >= 11 is 0. The predicted octanol–water partition coefficient (Wildman–Crippen LogP) is 19.8. The first-order chi connectivity index (χ1) is 41.2. The summed E-state index contributed by atoms with van der Waals surface area (Å²) in [7, 11) is 0. The monoisotopic (exact) mass is 1120 g/mol. The molecule has 0 atom stereocenters. The van der Waals surface area contributed by atoms with Crippen LogP contribution in [-0.2, 0) is 20.4 Å². The van der Waals surface area contributed by atoms with E-state index in [0.717, 1.165) is 176 Å². The maximum atomic E-state index is 8.82. The smallest absolute Gasteiger partial charge is 0.656 e. The molecule has 3 aliphatic rings. The maximum absolute atomic E-state index is 8.82. The molecule has 1 aliphatic carbocycles. The van der Waals surface area contributed by atoms with E-state index in [-0.39, 0.29) is 20.4 Å². The number of hydrogen-bond acceptors (Lipinski definition) is 2. The molecule has 0 amide bonds. The number of fused-ring (bicyclic) bond motifs is 4. The molecule has 5 heteroatoms. The van der Waals surface area contributed by atoms with Crippen LogP contribution < -0.4 is 9.97 Å². The molecule has 2 aromatic heterocycles. The van der Waals surface area contributed by atoms with Crippen LogP contribution in [0.1, 0.15) is 5.48 Å². The Kier molecular flexibility index (Phi) is 9.83. The number of aromatic nitrogens is 4. The van der Waals surface area contributed by atoms with Gasteiger partial charge < -0.3 is 9.97 Å². The Morgan fingerprint density at radius 1 is 0.247 bits per heavy atom. The van der Waals surface area contributed by atoms with Crippen molar-refractivity contribution in [3.8, 4) is 89.5 Å². The van der Waals surface area contributed by atoms with Gasteiger partial charge in [-0.2, -0.15) is 0 Å². The van der Waals surface area contributed by atoms with Gasteiger partial charge in [0.1, 0.15) is 0 Å². The van der Waals surface area contributed by atoms with Gasteiger partial charge >= 0.3 is 20.4 Å². The molecule has 378 valence electrons. The van der Waals surface area contributed by atoms with E-state index < -0.39 is 0 Å². The van der Waals surface area contributed by atoms with E-state index in [9.17, 15) is 0 Å². The molecule has 14 aromatic rings. The molecule has 81 heavy (non-hydrogen) atoms. The predicted molar refractivity (Wildman–Crippen MR) is 335 cm³/mol. The van der Waals surface area contributed by atoms with Crippen LogP contribution in [0.25, 0.3) is 176 Å². The minimum Gasteiger partial charge on any atom is -0.656 e. The second kappa shape index (κ2) is 18.6. The van der Waals surface area contributed by atoms with Crippen LogP contribution in [0.5, 0.6) is 0 Å². The van der Waals surface area contributed by atoms with Gasteiger partial charge in [0.25, 0.3) is 0 Å². The molecule has 8 bridgehead atoms. The average molecular weight is 1120 g/mol. The Balaban J connectivity index is 0.00000588. The molecule has 4 nitrogen and oxygen atoms in total. The van der Waals surface area contributed by atoms with Crippen LogP contribution in [0.3, 0.4) is 0 Å². The van der Waals surface area contributed by atoms with Crippen LogP contribution >= 0.6 is 0 Å². The third-order valence-corrected chi connectivity index (χ3v) is 16.4. The zero-order chi connectivity index (χ0) is 55.9. The van der Waals surface area contributed by atoms with Gasteiger partial charge in [-0.25, -0.2) is 9.97 Å². The van der Waals surface area contributed by atoms with Crippen LogP contribution in [0.4, 0.5) is 0 Å². The van der Waals surface area contributed by atoms with E-state index in [1.807, 2.05) is 97.1 Å². The van der Waals surface area contributed by atoms with E-state index in [0.29, 0.717) is 24.2 Å². The molecule has 4 heterocycles. The molecule has 0 radical (unpaired) electrons. The fourth-order valence-corrected chi connectivity index (χ4v) is 12.7. The van der Waals surface area contributed by atoms with Gasteiger partial charge in [-0.05, 0) is 158 Å². The topological polar surface area (TPSA) is 54.0 Å². The molecule has 17 rings (SSSR count). The van der Waals surface area contributed by atoms with Gasteiger partial charge in [0.2, 0.25) is 0 Å². The maximum Gasteiger partial charge on any atom is 2.00 e. The Morgan fingerprint density at radius 3 is 0.654 bits per heavy atom. The SMILES string of the molecule is [2H]c1ccc(-c2c3nc(c(-c4ccc([2H])cc4)c4[n-]c(c(-c5ccc([2H])cc5)c5nc(c(-c6ccc([2H])cc6)c6[n-]c2c2cc7ccccc7cc62)-c2cc6ccccc6cc2-5)c2cc5ccccc5cc42)-c2cc4ccccc4cc2-3)cc1.[Pd+2]. The van der Waals surface area contributed by atoms with Crippen molar-refractivity contribution in [1.29, 1.82) is 0 Å². The van der Waals surface area contributed by atoms with E-state index >= 15 is 0 Å². The minimum absolute atomic E-state index is 0. The summed E-state index contributed by atoms with van der Waals surface area (Å²) in [5, 5.41) is 12.1. The second-order valence-electron chi connectivity index (χ2n) is 20.9. The second-order valence-corrected chi connectivity index (χ2v) is 20.9. The van der Waals surface area contributed by atoms with Crippen molar-refractivity contribution in [3.63, 3.8) is 0 Å². The van der Waals surface area contributed by atoms with Crippen molar-refractivity contribution < 1.29 is 25.9 Å². The van der Waals surface area contributed by atoms with Crippen LogP contribution in [0, 0.1) is 0 Å². The Bertz CT molecular complexity index is 4840. The molecule has 0 N–H and O–H groups in total. The van der Waals surface area contributed by atoms with Crippen LogP contribution in [-0.4, -0.2) is 9.97 Å². The van der Waals surface area contributed by atoms with E-state index in [1.165, 1.54) is 0 Å². The molecule has 0 saturated heterocycles. The summed E-state index contributed by atoms with van der Waals surface area (Å²) in [5.41, 5.74) is 16.0. The van der Waals surface area contributed by atoms with Crippen molar-refractivity contribution in [3.05, 3.63) is 267 Å². The average Bonchev–Trinajstić information content (AvgIpc) is 1.68. The fraction of sp³-hybridized carbons (Fsp3) is 0. The first-order valence-electron chi connectivity index (χ1n) is 29.0. The van der Waals surface area contributed by atoms with Crippen molar-refractivity contribution in [2.45, 2.75) is 0 Å². The zero-order valence-electron chi connectivity index (χ0n) is 47.2. The summed E-state index contributed by atoms with van der Waals surface area (Å²) in [6, 6.07) is 84.3. The molecular weight excluding hydrogens is 1080 g/mol. The molecule has 12 aromatic carbocycles. The van der Waals surface area contributed by atoms with Crippen molar-refractivity contribution in [2.24, 2.45) is 0 Å². The van der Waals surface area contributed by atoms with Gasteiger partial charge in [0, 0.05) is 22.3 Å². The summed E-state index contributed by atoms with van der Waals surface area (Å²) in [6.07, 6.45) is 0. The van der Waals surface area contributed by atoms with Gasteiger partial charge in [-0.1, -0.05) is 218 Å². The Labute approximate surface area is 486 Å². The molecule has 0 saturated carbocycles. The van der Waals surface area contributed by atoms with Gasteiger partial charge in [-0.15, -0.1) is 22.1 Å². The summed E-state index contributed by atoms with van der Waals surface area (Å²) in [6.45, 7) is 0. The van der Waals surface area contributed by atoms with E-state index in [2.05, 4.69) is 146 Å². The third-order valence-electron chi connectivity index (χ3n) is 16.4. The van der Waals surface area contributed by atoms with Gasteiger partial charge in [-0.3, -0.25) is 0 Å². The number of rotatable bonds is 4. The summed E-state index contributed by atoms with van der Waals surface area (Å²) in [4.78, 5) is 24.2. The van der Waals surface area contributed by atoms with E-state index in [4.69, 9.17) is 25.4 Å². The summed E-state index contributed by atoms with van der Waals surface area (Å²) < 4.78 is 35.3.